The molecule has 34 heavy (non-hydrogen) atoms. The lowest BCUT2D eigenvalue weighted by molar-refractivity contribution is -0.126. The first kappa shape index (κ1) is 20.4. The van der Waals surface area contributed by atoms with Crippen molar-refractivity contribution < 1.29 is 19.2 Å². The average Bonchev–Trinajstić information content (AvgIpc) is 3.40. The molecule has 0 aliphatic carbocycles. The molecular weight excluding hydrogens is 428 g/mol. The Morgan fingerprint density at radius 2 is 1.47 bits per heavy atom. The minimum absolute atomic E-state index is 0.277. The van der Waals surface area contributed by atoms with Gasteiger partial charge in [0.2, 0.25) is 5.91 Å². The van der Waals surface area contributed by atoms with E-state index in [1.165, 1.54) is 4.90 Å². The van der Waals surface area contributed by atoms with Crippen LogP contribution in [0.25, 0.3) is 10.8 Å². The molecule has 2 saturated heterocycles. The number of carbonyl (C=O) groups is 2. The Morgan fingerprint density at radius 3 is 2.29 bits per heavy atom. The van der Waals surface area contributed by atoms with Crippen molar-refractivity contribution in [2.24, 2.45) is 5.92 Å². The molecule has 2 heterocycles. The van der Waals surface area contributed by atoms with Crippen molar-refractivity contribution in [2.45, 2.75) is 12.1 Å². The molecule has 4 aromatic carbocycles. The molecule has 2 amide bonds. The predicted octanol–water partition coefficient (Wildman–Crippen LogP) is 4.90. The standard InChI is InChI=1S/C28H22N2O4/c1-33-23-17-8-7-15-21(23)25-24-26(34-30(25)19-12-3-2-4-13-19)28(32)29(27(24)31)22-16-9-11-18-10-5-6-14-20(18)22/h2-17,24-26H,1H3/t24-,25-,26+/m0/s1. The number of amides is 2. The van der Waals surface area contributed by atoms with Crippen LogP contribution < -0.4 is 14.7 Å². The maximum absolute atomic E-state index is 14.0. The van der Waals surface area contributed by atoms with E-state index in [1.54, 1.807) is 12.2 Å². The molecule has 0 aromatic heterocycles. The predicted molar refractivity (Wildman–Crippen MR) is 129 cm³/mol. The fourth-order valence-corrected chi connectivity index (χ4v) is 5.08. The van der Waals surface area contributed by atoms with Crippen molar-refractivity contribution >= 4 is 34.0 Å². The fraction of sp³-hybridized carbons (Fsp3) is 0.143. The third-order valence-electron chi connectivity index (χ3n) is 6.59. The number of hydrogen-bond acceptors (Lipinski definition) is 5. The number of imide groups is 1. The summed E-state index contributed by atoms with van der Waals surface area (Å²) in [5, 5.41) is 3.50. The Kier molecular flexibility index (Phi) is 4.81. The Labute approximate surface area is 196 Å². The van der Waals surface area contributed by atoms with Gasteiger partial charge in [-0.05, 0) is 29.7 Å². The number of hydrogen-bond donors (Lipinski definition) is 0. The quantitative estimate of drug-likeness (QED) is 0.414. The molecule has 2 aliphatic heterocycles. The lowest BCUT2D eigenvalue weighted by atomic mass is 9.90. The monoisotopic (exact) mass is 450 g/mol. The second kappa shape index (κ2) is 8.01. The smallest absolute Gasteiger partial charge is 0.266 e. The van der Waals surface area contributed by atoms with Gasteiger partial charge in [-0.3, -0.25) is 14.4 Å². The molecule has 3 atom stereocenters. The number of nitrogens with zero attached hydrogens (tertiary/aromatic N) is 2. The Morgan fingerprint density at radius 1 is 0.765 bits per heavy atom. The number of para-hydroxylation sites is 2. The second-order valence-corrected chi connectivity index (χ2v) is 8.41. The van der Waals surface area contributed by atoms with E-state index >= 15 is 0 Å². The number of fused-ring (bicyclic) bond motifs is 2. The van der Waals surface area contributed by atoms with E-state index in [-0.39, 0.29) is 11.8 Å². The van der Waals surface area contributed by atoms with Crippen LogP contribution in [0.3, 0.4) is 0 Å². The summed E-state index contributed by atoms with van der Waals surface area (Å²) in [5.74, 6) is -0.713. The van der Waals surface area contributed by atoms with Gasteiger partial charge in [-0.25, -0.2) is 9.96 Å². The summed E-state index contributed by atoms with van der Waals surface area (Å²) in [6, 6.07) is 29.9. The highest BCUT2D eigenvalue weighted by atomic mass is 16.7. The fourth-order valence-electron chi connectivity index (χ4n) is 5.08. The van der Waals surface area contributed by atoms with Gasteiger partial charge in [0.25, 0.3) is 5.91 Å². The van der Waals surface area contributed by atoms with Crippen molar-refractivity contribution in [1.29, 1.82) is 0 Å². The van der Waals surface area contributed by atoms with Crippen LogP contribution in [0.2, 0.25) is 0 Å². The van der Waals surface area contributed by atoms with Crippen molar-refractivity contribution in [1.82, 2.24) is 0 Å². The summed E-state index contributed by atoms with van der Waals surface area (Å²) in [4.78, 5) is 35.2. The zero-order chi connectivity index (χ0) is 23.2. The third kappa shape index (κ3) is 2.99. The average molecular weight is 450 g/mol. The van der Waals surface area contributed by atoms with Crippen LogP contribution in [0.15, 0.2) is 97.1 Å². The molecule has 4 aromatic rings. The van der Waals surface area contributed by atoms with Crippen LogP contribution >= 0.6 is 0 Å². The Bertz CT molecular complexity index is 1400. The first-order valence-electron chi connectivity index (χ1n) is 11.2. The van der Waals surface area contributed by atoms with Crippen molar-refractivity contribution in [3.8, 4) is 5.75 Å². The maximum Gasteiger partial charge on any atom is 0.266 e. The Hall–Kier alpha value is -4.16. The highest BCUT2D eigenvalue weighted by molar-refractivity contribution is 6.26. The SMILES string of the molecule is COc1ccccc1[C@H]1[C@@H]2C(=O)N(c3cccc4ccccc34)C(=O)[C@@H]2ON1c1ccccc1. The van der Waals surface area contributed by atoms with Crippen LogP contribution in [0.5, 0.6) is 5.75 Å². The van der Waals surface area contributed by atoms with Crippen LogP contribution in [-0.4, -0.2) is 25.0 Å². The molecule has 0 saturated carbocycles. The molecule has 6 heteroatoms. The molecular formula is C28H22N2O4. The summed E-state index contributed by atoms with van der Waals surface area (Å²) in [6.07, 6.45) is -0.929. The Balaban J connectivity index is 1.49. The van der Waals surface area contributed by atoms with E-state index in [0.717, 1.165) is 22.0 Å². The lowest BCUT2D eigenvalue weighted by Gasteiger charge is -2.29. The van der Waals surface area contributed by atoms with Gasteiger partial charge in [0.15, 0.2) is 6.10 Å². The van der Waals surface area contributed by atoms with Crippen LogP contribution in [-0.2, 0) is 14.4 Å². The third-order valence-corrected chi connectivity index (χ3v) is 6.59. The highest BCUT2D eigenvalue weighted by Gasteiger charge is 2.60. The maximum atomic E-state index is 14.0. The molecule has 2 aliphatic rings. The van der Waals surface area contributed by atoms with E-state index in [4.69, 9.17) is 9.57 Å². The molecule has 0 N–H and O–H groups in total. The van der Waals surface area contributed by atoms with Crippen LogP contribution in [0, 0.1) is 5.92 Å². The number of anilines is 2. The number of hydroxylamine groups is 1. The molecule has 0 bridgehead atoms. The topological polar surface area (TPSA) is 59.1 Å². The molecule has 6 nitrogen and oxygen atoms in total. The first-order valence-corrected chi connectivity index (χ1v) is 11.2. The zero-order valence-corrected chi connectivity index (χ0v) is 18.5. The van der Waals surface area contributed by atoms with Gasteiger partial charge < -0.3 is 4.74 Å². The molecule has 6 rings (SSSR count). The van der Waals surface area contributed by atoms with Crippen LogP contribution in [0.1, 0.15) is 11.6 Å². The van der Waals surface area contributed by atoms with Crippen molar-refractivity contribution in [2.75, 3.05) is 17.1 Å². The second-order valence-electron chi connectivity index (χ2n) is 8.41. The normalized spacial score (nSPS) is 21.9. The molecule has 0 unspecified atom stereocenters. The van der Waals surface area contributed by atoms with E-state index in [1.807, 2.05) is 97.1 Å². The number of carbonyl (C=O) groups excluding carboxylic acids is 2. The van der Waals surface area contributed by atoms with Gasteiger partial charge in [-0.1, -0.05) is 72.8 Å². The van der Waals surface area contributed by atoms with Gasteiger partial charge in [0.05, 0.1) is 24.5 Å². The van der Waals surface area contributed by atoms with Gasteiger partial charge in [-0.2, -0.15) is 0 Å². The molecule has 0 spiro atoms. The van der Waals surface area contributed by atoms with Crippen LogP contribution in [0.4, 0.5) is 11.4 Å². The minimum atomic E-state index is -0.929. The van der Waals surface area contributed by atoms with Gasteiger partial charge in [0, 0.05) is 10.9 Å². The summed E-state index contributed by atoms with van der Waals surface area (Å²) in [5.41, 5.74) is 2.14. The van der Waals surface area contributed by atoms with Crippen molar-refractivity contribution in [3.63, 3.8) is 0 Å². The summed E-state index contributed by atoms with van der Waals surface area (Å²) >= 11 is 0. The summed E-state index contributed by atoms with van der Waals surface area (Å²) in [6.45, 7) is 0. The van der Waals surface area contributed by atoms with Gasteiger partial charge in [0.1, 0.15) is 11.7 Å². The minimum Gasteiger partial charge on any atom is -0.496 e. The summed E-state index contributed by atoms with van der Waals surface area (Å²) in [7, 11) is 1.60. The molecule has 2 fully saturated rings. The first-order chi connectivity index (χ1) is 16.7. The van der Waals surface area contributed by atoms with E-state index in [0.29, 0.717) is 11.4 Å². The van der Waals surface area contributed by atoms with Crippen molar-refractivity contribution in [3.05, 3.63) is 103 Å². The van der Waals surface area contributed by atoms with E-state index in [9.17, 15) is 9.59 Å². The number of rotatable bonds is 4. The molecule has 168 valence electrons. The van der Waals surface area contributed by atoms with E-state index < -0.39 is 18.1 Å². The zero-order valence-electron chi connectivity index (χ0n) is 18.5. The highest BCUT2D eigenvalue weighted by Crippen LogP contribution is 2.49. The number of ether oxygens (including phenoxy) is 1. The largest absolute Gasteiger partial charge is 0.496 e. The number of methoxy groups -OCH3 is 1. The van der Waals surface area contributed by atoms with Gasteiger partial charge in [-0.15, -0.1) is 0 Å². The molecule has 0 radical (unpaired) electrons. The number of benzene rings is 4. The van der Waals surface area contributed by atoms with E-state index in [2.05, 4.69) is 0 Å². The van der Waals surface area contributed by atoms with Gasteiger partial charge >= 0.3 is 0 Å². The lowest BCUT2D eigenvalue weighted by Crippen LogP contribution is -2.37. The summed E-state index contributed by atoms with van der Waals surface area (Å²) < 4.78 is 5.63.